The van der Waals surface area contributed by atoms with Crippen LogP contribution in [0.3, 0.4) is 0 Å². The predicted molar refractivity (Wildman–Crippen MR) is 82.4 cm³/mol. The monoisotopic (exact) mass is 284 g/mol. The Morgan fingerprint density at radius 3 is 2.50 bits per heavy atom. The van der Waals surface area contributed by atoms with Crippen molar-refractivity contribution in [3.05, 3.63) is 0 Å². The fourth-order valence-corrected chi connectivity index (χ4v) is 2.65. The maximum absolute atomic E-state index is 12.5. The lowest BCUT2D eigenvalue weighted by Crippen LogP contribution is -2.39. The third-order valence-corrected chi connectivity index (χ3v) is 3.55. The molecule has 0 aliphatic carbocycles. The molecule has 0 bridgehead atoms. The van der Waals surface area contributed by atoms with Crippen molar-refractivity contribution in [2.24, 2.45) is 11.8 Å². The molecule has 2 atom stereocenters. The van der Waals surface area contributed by atoms with Crippen LogP contribution in [0.5, 0.6) is 0 Å². The summed E-state index contributed by atoms with van der Waals surface area (Å²) in [6.45, 7) is 12.9. The van der Waals surface area contributed by atoms with Gasteiger partial charge in [-0.15, -0.1) is 0 Å². The molecular weight excluding hydrogens is 252 g/mol. The van der Waals surface area contributed by atoms with Crippen LogP contribution in [-0.2, 0) is 9.53 Å². The summed E-state index contributed by atoms with van der Waals surface area (Å²) in [6, 6.07) is -0.00310. The van der Waals surface area contributed by atoms with Crippen LogP contribution < -0.4 is 5.32 Å². The normalized spacial score (nSPS) is 23.4. The molecule has 0 aromatic heterocycles. The van der Waals surface area contributed by atoms with E-state index < -0.39 is 0 Å². The highest BCUT2D eigenvalue weighted by Crippen LogP contribution is 2.19. The SMILES string of the molecule is CCCC1NC(CC(C)C)C(=O)N1CCOCC(C)C. The quantitative estimate of drug-likeness (QED) is 0.662. The lowest BCUT2D eigenvalue weighted by atomic mass is 10.0. The van der Waals surface area contributed by atoms with Gasteiger partial charge in [0.2, 0.25) is 5.91 Å². The molecule has 118 valence electrons. The zero-order chi connectivity index (χ0) is 15.1. The fraction of sp³-hybridized carbons (Fsp3) is 0.938. The number of carbonyl (C=O) groups is 1. The molecule has 1 heterocycles. The van der Waals surface area contributed by atoms with E-state index in [0.717, 1.165) is 25.9 Å². The summed E-state index contributed by atoms with van der Waals surface area (Å²) in [6.07, 6.45) is 3.22. The van der Waals surface area contributed by atoms with Gasteiger partial charge >= 0.3 is 0 Å². The Morgan fingerprint density at radius 1 is 1.25 bits per heavy atom. The number of nitrogens with one attached hydrogen (secondary N) is 1. The van der Waals surface area contributed by atoms with Crippen LogP contribution in [-0.4, -0.2) is 42.8 Å². The van der Waals surface area contributed by atoms with Gasteiger partial charge in [-0.1, -0.05) is 41.0 Å². The van der Waals surface area contributed by atoms with Gasteiger partial charge in [-0.3, -0.25) is 10.1 Å². The third kappa shape index (κ3) is 5.41. The zero-order valence-corrected chi connectivity index (χ0v) is 13.8. The molecule has 2 unspecified atom stereocenters. The van der Waals surface area contributed by atoms with Gasteiger partial charge in [0.15, 0.2) is 0 Å². The van der Waals surface area contributed by atoms with E-state index in [4.69, 9.17) is 4.74 Å². The molecule has 0 radical (unpaired) electrons. The van der Waals surface area contributed by atoms with Gasteiger partial charge in [0.1, 0.15) is 0 Å². The minimum atomic E-state index is -0.00310. The minimum absolute atomic E-state index is 0.00310. The number of hydrogen-bond donors (Lipinski definition) is 1. The molecule has 1 aliphatic heterocycles. The second-order valence-corrected chi connectivity index (χ2v) is 6.65. The average Bonchev–Trinajstić information content (AvgIpc) is 2.62. The van der Waals surface area contributed by atoms with E-state index in [9.17, 15) is 4.79 Å². The zero-order valence-electron chi connectivity index (χ0n) is 13.8. The number of nitrogens with zero attached hydrogens (tertiary/aromatic N) is 1. The van der Waals surface area contributed by atoms with Crippen LogP contribution >= 0.6 is 0 Å². The molecule has 1 N–H and O–H groups in total. The average molecular weight is 284 g/mol. The van der Waals surface area contributed by atoms with Gasteiger partial charge in [0.05, 0.1) is 18.8 Å². The van der Waals surface area contributed by atoms with Crippen LogP contribution in [0.25, 0.3) is 0 Å². The molecule has 0 aromatic carbocycles. The topological polar surface area (TPSA) is 41.6 Å². The van der Waals surface area contributed by atoms with E-state index in [1.54, 1.807) is 0 Å². The predicted octanol–water partition coefficient (Wildman–Crippen LogP) is 2.63. The number of hydrogen-bond acceptors (Lipinski definition) is 3. The summed E-state index contributed by atoms with van der Waals surface area (Å²) in [5.41, 5.74) is 0. The maximum atomic E-state index is 12.5. The first-order chi connectivity index (χ1) is 9.45. The summed E-state index contributed by atoms with van der Waals surface area (Å²) in [7, 11) is 0. The summed E-state index contributed by atoms with van der Waals surface area (Å²) in [5.74, 6) is 1.34. The Kier molecular flexibility index (Phi) is 7.52. The van der Waals surface area contributed by atoms with E-state index >= 15 is 0 Å². The van der Waals surface area contributed by atoms with Crippen LogP contribution in [0.2, 0.25) is 0 Å². The number of carbonyl (C=O) groups excluding carboxylic acids is 1. The highest BCUT2D eigenvalue weighted by Gasteiger charge is 2.37. The molecule has 0 spiro atoms. The van der Waals surface area contributed by atoms with Gasteiger partial charge in [0, 0.05) is 13.2 Å². The Balaban J connectivity index is 2.49. The Morgan fingerprint density at radius 2 is 1.95 bits per heavy atom. The number of ether oxygens (including phenoxy) is 1. The number of rotatable bonds is 9. The second kappa shape index (κ2) is 8.63. The van der Waals surface area contributed by atoms with Crippen LogP contribution in [0.15, 0.2) is 0 Å². The Labute approximate surface area is 124 Å². The third-order valence-electron chi connectivity index (χ3n) is 3.55. The van der Waals surface area contributed by atoms with Crippen molar-refractivity contribution in [3.8, 4) is 0 Å². The second-order valence-electron chi connectivity index (χ2n) is 6.65. The first-order valence-corrected chi connectivity index (χ1v) is 8.10. The lowest BCUT2D eigenvalue weighted by Gasteiger charge is -2.24. The highest BCUT2D eigenvalue weighted by atomic mass is 16.5. The van der Waals surface area contributed by atoms with Crippen molar-refractivity contribution in [1.29, 1.82) is 0 Å². The molecule has 4 heteroatoms. The fourth-order valence-electron chi connectivity index (χ4n) is 2.65. The molecule has 20 heavy (non-hydrogen) atoms. The van der Waals surface area contributed by atoms with Gasteiger partial charge in [-0.25, -0.2) is 0 Å². The standard InChI is InChI=1S/C16H32N2O2/c1-6-7-15-17-14(10-12(2)3)16(19)18(15)8-9-20-11-13(4)5/h12-15,17H,6-11H2,1-5H3. The highest BCUT2D eigenvalue weighted by molar-refractivity contribution is 5.84. The van der Waals surface area contributed by atoms with E-state index in [2.05, 4.69) is 39.9 Å². The Hall–Kier alpha value is -0.610. The molecule has 1 fully saturated rings. The molecule has 1 amide bonds. The first kappa shape index (κ1) is 17.4. The number of amides is 1. The van der Waals surface area contributed by atoms with Gasteiger partial charge in [-0.05, 0) is 24.7 Å². The van der Waals surface area contributed by atoms with Gasteiger partial charge in [-0.2, -0.15) is 0 Å². The lowest BCUT2D eigenvalue weighted by molar-refractivity contribution is -0.131. The molecule has 1 aliphatic rings. The van der Waals surface area contributed by atoms with E-state index in [1.807, 2.05) is 4.90 Å². The van der Waals surface area contributed by atoms with E-state index in [0.29, 0.717) is 25.0 Å². The van der Waals surface area contributed by atoms with Crippen molar-refractivity contribution in [2.75, 3.05) is 19.8 Å². The van der Waals surface area contributed by atoms with Crippen LogP contribution in [0, 0.1) is 11.8 Å². The van der Waals surface area contributed by atoms with Crippen LogP contribution in [0.1, 0.15) is 53.9 Å². The van der Waals surface area contributed by atoms with Crippen molar-refractivity contribution in [1.82, 2.24) is 10.2 Å². The van der Waals surface area contributed by atoms with Crippen molar-refractivity contribution in [2.45, 2.75) is 66.1 Å². The van der Waals surface area contributed by atoms with E-state index in [1.165, 1.54) is 0 Å². The summed E-state index contributed by atoms with van der Waals surface area (Å²) >= 11 is 0. The molecular formula is C16H32N2O2. The maximum Gasteiger partial charge on any atom is 0.241 e. The molecule has 1 saturated heterocycles. The Bertz CT molecular complexity index is 292. The molecule has 0 aromatic rings. The minimum Gasteiger partial charge on any atom is -0.379 e. The van der Waals surface area contributed by atoms with Crippen LogP contribution in [0.4, 0.5) is 0 Å². The summed E-state index contributed by atoms with van der Waals surface area (Å²) in [4.78, 5) is 14.4. The van der Waals surface area contributed by atoms with Gasteiger partial charge in [0.25, 0.3) is 0 Å². The molecule has 1 rings (SSSR count). The molecule has 0 saturated carbocycles. The smallest absolute Gasteiger partial charge is 0.241 e. The largest absolute Gasteiger partial charge is 0.379 e. The van der Waals surface area contributed by atoms with Crippen molar-refractivity contribution in [3.63, 3.8) is 0 Å². The van der Waals surface area contributed by atoms with Gasteiger partial charge < -0.3 is 9.64 Å². The summed E-state index contributed by atoms with van der Waals surface area (Å²) < 4.78 is 5.63. The summed E-state index contributed by atoms with van der Waals surface area (Å²) in [5, 5.41) is 3.49. The van der Waals surface area contributed by atoms with Crippen molar-refractivity contribution < 1.29 is 9.53 Å². The van der Waals surface area contributed by atoms with Crippen molar-refractivity contribution >= 4 is 5.91 Å². The molecule has 4 nitrogen and oxygen atoms in total. The van der Waals surface area contributed by atoms with E-state index in [-0.39, 0.29) is 18.1 Å². The first-order valence-electron chi connectivity index (χ1n) is 8.10.